The summed E-state index contributed by atoms with van der Waals surface area (Å²) in [4.78, 5) is 35.6. The molecule has 1 aromatic carbocycles. The van der Waals surface area contributed by atoms with Crippen molar-refractivity contribution in [3.8, 4) is 11.4 Å². The molecule has 29 heavy (non-hydrogen) atoms. The first-order valence-electron chi connectivity index (χ1n) is 10.1. The lowest BCUT2D eigenvalue weighted by molar-refractivity contribution is -0.131. The lowest BCUT2D eigenvalue weighted by Gasteiger charge is -2.32. The maximum atomic E-state index is 13.2. The number of fused-ring (bicyclic) bond motifs is 1. The minimum absolute atomic E-state index is 0.0397. The van der Waals surface area contributed by atoms with Crippen LogP contribution >= 0.6 is 0 Å². The van der Waals surface area contributed by atoms with E-state index in [1.165, 1.54) is 0 Å². The number of hydrogen-bond donors (Lipinski definition) is 0. The fraction of sp³-hybridized carbons (Fsp3) is 0.500. The van der Waals surface area contributed by atoms with E-state index in [0.29, 0.717) is 19.0 Å². The molecule has 2 aromatic rings. The average molecular weight is 396 g/mol. The molecular weight excluding hydrogens is 366 g/mol. The van der Waals surface area contributed by atoms with Gasteiger partial charge in [0, 0.05) is 68.9 Å². The summed E-state index contributed by atoms with van der Waals surface area (Å²) in [5, 5.41) is 0. The molecule has 0 radical (unpaired) electrons. The van der Waals surface area contributed by atoms with E-state index in [-0.39, 0.29) is 23.8 Å². The highest BCUT2D eigenvalue weighted by atomic mass is 16.2. The van der Waals surface area contributed by atoms with Gasteiger partial charge in [-0.25, -0.2) is 4.98 Å². The van der Waals surface area contributed by atoms with Gasteiger partial charge < -0.3 is 19.3 Å². The van der Waals surface area contributed by atoms with Crippen molar-refractivity contribution in [2.75, 3.05) is 46.8 Å². The molecule has 0 saturated carbocycles. The maximum Gasteiger partial charge on any atom is 0.242 e. The van der Waals surface area contributed by atoms with Gasteiger partial charge in [0.2, 0.25) is 11.8 Å². The van der Waals surface area contributed by atoms with E-state index in [1.54, 1.807) is 13.1 Å². The number of nitrogens with zero attached hydrogens (tertiary/aromatic N) is 5. The third kappa shape index (κ3) is 3.79. The van der Waals surface area contributed by atoms with Crippen LogP contribution in [0.25, 0.3) is 11.4 Å². The second kappa shape index (κ2) is 7.63. The molecule has 2 atom stereocenters. The van der Waals surface area contributed by atoms with Gasteiger partial charge in [0.25, 0.3) is 0 Å². The molecule has 0 spiro atoms. The number of likely N-dealkylation sites (tertiary alicyclic amines) is 2. The van der Waals surface area contributed by atoms with Gasteiger partial charge in [-0.1, -0.05) is 30.3 Å². The first kappa shape index (κ1) is 19.6. The Labute approximate surface area is 171 Å². The Balaban J connectivity index is 1.49. The van der Waals surface area contributed by atoms with E-state index in [2.05, 4.69) is 24.0 Å². The summed E-state index contributed by atoms with van der Waals surface area (Å²) in [5.41, 5.74) is 0.965. The smallest absolute Gasteiger partial charge is 0.242 e. The summed E-state index contributed by atoms with van der Waals surface area (Å²) in [6.07, 6.45) is 3.61. The molecule has 0 aliphatic carbocycles. The van der Waals surface area contributed by atoms with Gasteiger partial charge in [-0.15, -0.1) is 0 Å². The number of rotatable bonds is 5. The van der Waals surface area contributed by atoms with E-state index in [0.717, 1.165) is 31.0 Å². The van der Waals surface area contributed by atoms with Crippen molar-refractivity contribution < 1.29 is 9.59 Å². The number of benzene rings is 1. The van der Waals surface area contributed by atoms with Gasteiger partial charge in [0.1, 0.15) is 12.4 Å². The summed E-state index contributed by atoms with van der Waals surface area (Å²) in [5.74, 6) is 1.38. The number of imidazole rings is 1. The van der Waals surface area contributed by atoms with Crippen LogP contribution in [0.3, 0.4) is 0 Å². The third-order valence-electron chi connectivity index (χ3n) is 6.24. The Morgan fingerprint density at radius 3 is 2.52 bits per heavy atom. The summed E-state index contributed by atoms with van der Waals surface area (Å²) >= 11 is 0. The van der Waals surface area contributed by atoms with E-state index in [1.807, 2.05) is 50.9 Å². The third-order valence-corrected chi connectivity index (χ3v) is 6.24. The van der Waals surface area contributed by atoms with Crippen LogP contribution in [0.2, 0.25) is 0 Å². The largest absolute Gasteiger partial charge is 0.342 e. The summed E-state index contributed by atoms with van der Waals surface area (Å²) in [6.45, 7) is 5.69. The molecule has 2 fully saturated rings. The Kier molecular flexibility index (Phi) is 5.17. The Bertz CT molecular complexity index is 894. The van der Waals surface area contributed by atoms with Gasteiger partial charge in [0.05, 0.1) is 0 Å². The zero-order valence-electron chi connectivity index (χ0n) is 17.4. The van der Waals surface area contributed by atoms with Crippen molar-refractivity contribution in [2.45, 2.75) is 13.5 Å². The second-order valence-electron chi connectivity index (χ2n) is 8.72. The van der Waals surface area contributed by atoms with Crippen LogP contribution in [0, 0.1) is 11.3 Å². The van der Waals surface area contributed by atoms with Gasteiger partial charge in [-0.05, 0) is 14.1 Å². The van der Waals surface area contributed by atoms with Crippen LogP contribution in [0.4, 0.5) is 0 Å². The molecule has 1 aromatic heterocycles. The van der Waals surface area contributed by atoms with Gasteiger partial charge >= 0.3 is 0 Å². The van der Waals surface area contributed by atoms with Gasteiger partial charge in [-0.2, -0.15) is 0 Å². The van der Waals surface area contributed by atoms with E-state index >= 15 is 0 Å². The highest BCUT2D eigenvalue weighted by molar-refractivity contribution is 5.78. The van der Waals surface area contributed by atoms with Crippen LogP contribution in [0.15, 0.2) is 42.7 Å². The number of aromatic nitrogens is 2. The Hall–Kier alpha value is -2.67. The molecule has 7 nitrogen and oxygen atoms in total. The van der Waals surface area contributed by atoms with Crippen LogP contribution in [0.5, 0.6) is 0 Å². The molecule has 2 amide bonds. The maximum absolute atomic E-state index is 13.2. The molecule has 7 heteroatoms. The van der Waals surface area contributed by atoms with Crippen LogP contribution in [0.1, 0.15) is 6.92 Å². The minimum Gasteiger partial charge on any atom is -0.342 e. The molecular formula is C22H29N5O2. The molecule has 3 heterocycles. The van der Waals surface area contributed by atoms with E-state index in [9.17, 15) is 9.59 Å². The van der Waals surface area contributed by atoms with Crippen molar-refractivity contribution in [2.24, 2.45) is 11.3 Å². The summed E-state index contributed by atoms with van der Waals surface area (Å²) < 4.78 is 1.92. The predicted octanol–water partition coefficient (Wildman–Crippen LogP) is 1.42. The van der Waals surface area contributed by atoms with Crippen LogP contribution < -0.4 is 0 Å². The number of amides is 2. The molecule has 2 aliphatic heterocycles. The average Bonchev–Trinajstić information content (AvgIpc) is 3.34. The van der Waals surface area contributed by atoms with E-state index in [4.69, 9.17) is 0 Å². The zero-order valence-corrected chi connectivity index (χ0v) is 17.4. The fourth-order valence-corrected chi connectivity index (χ4v) is 4.99. The fourth-order valence-electron chi connectivity index (χ4n) is 4.99. The Morgan fingerprint density at radius 2 is 1.83 bits per heavy atom. The normalized spacial score (nSPS) is 23.7. The highest BCUT2D eigenvalue weighted by Gasteiger charge is 2.54. The lowest BCUT2D eigenvalue weighted by Crippen LogP contribution is -2.44. The number of carbonyl (C=O) groups is 2. The van der Waals surface area contributed by atoms with Crippen molar-refractivity contribution in [3.05, 3.63) is 42.7 Å². The lowest BCUT2D eigenvalue weighted by atomic mass is 9.80. The van der Waals surface area contributed by atoms with Gasteiger partial charge in [-0.3, -0.25) is 9.59 Å². The molecule has 2 saturated heterocycles. The van der Waals surface area contributed by atoms with Crippen LogP contribution in [-0.2, 0) is 16.1 Å². The first-order valence-corrected chi connectivity index (χ1v) is 10.1. The van der Waals surface area contributed by atoms with E-state index < -0.39 is 0 Å². The molecule has 2 aliphatic rings. The second-order valence-corrected chi connectivity index (χ2v) is 8.72. The van der Waals surface area contributed by atoms with Crippen molar-refractivity contribution in [1.82, 2.24) is 24.3 Å². The van der Waals surface area contributed by atoms with Gasteiger partial charge in [0.15, 0.2) is 0 Å². The number of hydrogen-bond acceptors (Lipinski definition) is 4. The standard InChI is InChI=1S/C22H29N5O2/c1-17(28)26-11-19-12-27(16-22(19,15-26)14-24(2)3)20(29)13-25-10-9-23-21(25)18-7-5-4-6-8-18/h4-10,19H,11-16H2,1-3H3/t19-,22+/m1/s1. The van der Waals surface area contributed by atoms with Crippen molar-refractivity contribution >= 4 is 11.8 Å². The SMILES string of the molecule is CC(=O)N1C[C@@H]2CN(C(=O)Cn3ccnc3-c3ccccc3)C[C@]2(CN(C)C)C1. The minimum atomic E-state index is -0.0397. The first-order chi connectivity index (χ1) is 13.9. The summed E-state index contributed by atoms with van der Waals surface area (Å²) in [6, 6.07) is 9.94. The number of carbonyl (C=O) groups excluding carboxylic acids is 2. The van der Waals surface area contributed by atoms with Crippen molar-refractivity contribution in [1.29, 1.82) is 0 Å². The monoisotopic (exact) mass is 395 g/mol. The molecule has 154 valence electrons. The quantitative estimate of drug-likeness (QED) is 0.768. The Morgan fingerprint density at radius 1 is 1.14 bits per heavy atom. The molecule has 0 unspecified atom stereocenters. The highest BCUT2D eigenvalue weighted by Crippen LogP contribution is 2.43. The zero-order chi connectivity index (χ0) is 20.6. The molecule has 0 N–H and O–H groups in total. The van der Waals surface area contributed by atoms with Crippen molar-refractivity contribution in [3.63, 3.8) is 0 Å². The van der Waals surface area contributed by atoms with Crippen LogP contribution in [-0.4, -0.2) is 82.9 Å². The molecule has 4 rings (SSSR count). The topological polar surface area (TPSA) is 61.7 Å². The molecule has 0 bridgehead atoms. The predicted molar refractivity (Wildman–Crippen MR) is 111 cm³/mol. The summed E-state index contributed by atoms with van der Waals surface area (Å²) in [7, 11) is 4.12.